The number of hydrogen-bond donors (Lipinski definition) is 1. The fourth-order valence-corrected chi connectivity index (χ4v) is 3.23. The molecule has 0 aliphatic carbocycles. The van der Waals surface area contributed by atoms with E-state index < -0.39 is 21.8 Å². The van der Waals surface area contributed by atoms with Crippen LogP contribution in [0.5, 0.6) is 0 Å². The third-order valence-electron chi connectivity index (χ3n) is 3.39. The van der Waals surface area contributed by atoms with Gasteiger partial charge in [-0.25, -0.2) is 17.5 Å². The Morgan fingerprint density at radius 1 is 1.20 bits per heavy atom. The van der Waals surface area contributed by atoms with Crippen LogP contribution in [0.15, 0.2) is 47.4 Å². The average Bonchev–Trinajstić information content (AvgIpc) is 2.54. The molecule has 134 valence electrons. The quantitative estimate of drug-likeness (QED) is 0.743. The SMILES string of the molecule is Cc1ccc(S(=O)(=O)NCCC(=O)OCc2c(F)cccc2Cl)cc1. The van der Waals surface area contributed by atoms with E-state index in [9.17, 15) is 17.6 Å². The Labute approximate surface area is 150 Å². The van der Waals surface area contributed by atoms with Crippen molar-refractivity contribution in [3.8, 4) is 0 Å². The van der Waals surface area contributed by atoms with Crippen LogP contribution in [-0.2, 0) is 26.2 Å². The summed E-state index contributed by atoms with van der Waals surface area (Å²) in [6.07, 6.45) is -0.183. The van der Waals surface area contributed by atoms with Crippen molar-refractivity contribution in [3.05, 3.63) is 64.4 Å². The van der Waals surface area contributed by atoms with E-state index in [1.165, 1.54) is 30.3 Å². The smallest absolute Gasteiger partial charge is 0.307 e. The Bertz CT molecular complexity index is 833. The molecule has 0 saturated heterocycles. The molecule has 0 amide bonds. The van der Waals surface area contributed by atoms with Gasteiger partial charge in [-0.2, -0.15) is 0 Å². The predicted octanol–water partition coefficient (Wildman–Crippen LogP) is 3.20. The van der Waals surface area contributed by atoms with E-state index in [0.717, 1.165) is 5.56 Å². The van der Waals surface area contributed by atoms with Gasteiger partial charge in [-0.05, 0) is 31.2 Å². The summed E-state index contributed by atoms with van der Waals surface area (Å²) in [5, 5.41) is 0.160. The summed E-state index contributed by atoms with van der Waals surface area (Å²) >= 11 is 5.83. The molecule has 0 aromatic heterocycles. The van der Waals surface area contributed by atoms with Crippen molar-refractivity contribution < 1.29 is 22.3 Å². The first-order chi connectivity index (χ1) is 11.8. The van der Waals surface area contributed by atoms with Crippen LogP contribution < -0.4 is 4.72 Å². The van der Waals surface area contributed by atoms with Gasteiger partial charge in [0.15, 0.2) is 0 Å². The van der Waals surface area contributed by atoms with Gasteiger partial charge in [-0.3, -0.25) is 4.79 Å². The molecule has 0 saturated carbocycles. The molecule has 2 aromatic carbocycles. The summed E-state index contributed by atoms with van der Waals surface area (Å²) in [6, 6.07) is 10.5. The highest BCUT2D eigenvalue weighted by Crippen LogP contribution is 2.19. The number of halogens is 2. The topological polar surface area (TPSA) is 72.5 Å². The van der Waals surface area contributed by atoms with Gasteiger partial charge in [-0.1, -0.05) is 35.4 Å². The number of nitrogens with one attached hydrogen (secondary N) is 1. The zero-order valence-electron chi connectivity index (χ0n) is 13.5. The lowest BCUT2D eigenvalue weighted by Gasteiger charge is -2.09. The highest BCUT2D eigenvalue weighted by atomic mass is 35.5. The van der Waals surface area contributed by atoms with Crippen LogP contribution in [0.4, 0.5) is 4.39 Å². The molecule has 0 unspecified atom stereocenters. The van der Waals surface area contributed by atoms with Crippen LogP contribution in [0.1, 0.15) is 17.5 Å². The van der Waals surface area contributed by atoms with Gasteiger partial charge in [0.25, 0.3) is 0 Å². The van der Waals surface area contributed by atoms with E-state index in [4.69, 9.17) is 16.3 Å². The van der Waals surface area contributed by atoms with E-state index in [0.29, 0.717) is 0 Å². The number of ether oxygens (including phenoxy) is 1. The van der Waals surface area contributed by atoms with Crippen LogP contribution in [0.25, 0.3) is 0 Å². The summed E-state index contributed by atoms with van der Waals surface area (Å²) < 4.78 is 44.9. The Hall–Kier alpha value is -1.96. The Morgan fingerprint density at radius 3 is 2.52 bits per heavy atom. The molecule has 0 aliphatic rings. The minimum Gasteiger partial charge on any atom is -0.461 e. The molecule has 8 heteroatoms. The monoisotopic (exact) mass is 385 g/mol. The maximum atomic E-state index is 13.6. The fourth-order valence-electron chi connectivity index (χ4n) is 1.98. The van der Waals surface area contributed by atoms with Crippen molar-refractivity contribution >= 4 is 27.6 Å². The Kier molecular flexibility index (Phi) is 6.52. The van der Waals surface area contributed by atoms with Crippen LogP contribution in [0, 0.1) is 12.7 Å². The summed E-state index contributed by atoms with van der Waals surface area (Å²) in [5.41, 5.74) is 1.02. The summed E-state index contributed by atoms with van der Waals surface area (Å²) in [4.78, 5) is 11.8. The maximum absolute atomic E-state index is 13.6. The second-order valence-corrected chi connectivity index (χ2v) is 7.50. The first-order valence-corrected chi connectivity index (χ1v) is 9.30. The van der Waals surface area contributed by atoms with Gasteiger partial charge >= 0.3 is 5.97 Å². The number of benzene rings is 2. The molecular formula is C17H17ClFNO4S. The Balaban J connectivity index is 1.83. The molecule has 0 fully saturated rings. The molecule has 0 heterocycles. The highest BCUT2D eigenvalue weighted by Gasteiger charge is 2.15. The minimum atomic E-state index is -3.69. The van der Waals surface area contributed by atoms with Crippen molar-refractivity contribution in [1.29, 1.82) is 0 Å². The summed E-state index contributed by atoms with van der Waals surface area (Å²) in [7, 11) is -3.69. The molecule has 2 aromatic rings. The van der Waals surface area contributed by atoms with E-state index in [2.05, 4.69) is 4.72 Å². The van der Waals surface area contributed by atoms with E-state index in [1.54, 1.807) is 12.1 Å². The fraction of sp³-hybridized carbons (Fsp3) is 0.235. The number of aryl methyl sites for hydroxylation is 1. The van der Waals surface area contributed by atoms with Crippen molar-refractivity contribution in [2.45, 2.75) is 24.8 Å². The molecule has 25 heavy (non-hydrogen) atoms. The first kappa shape index (κ1) is 19.4. The minimum absolute atomic E-state index is 0.0813. The third kappa shape index (κ3) is 5.52. The molecular weight excluding hydrogens is 369 g/mol. The molecule has 0 atom stereocenters. The molecule has 2 rings (SSSR count). The molecule has 0 spiro atoms. The van der Waals surface area contributed by atoms with Crippen LogP contribution in [-0.4, -0.2) is 20.9 Å². The van der Waals surface area contributed by atoms with E-state index in [-0.39, 0.29) is 35.1 Å². The van der Waals surface area contributed by atoms with Crippen LogP contribution >= 0.6 is 11.6 Å². The van der Waals surface area contributed by atoms with Gasteiger partial charge in [0.2, 0.25) is 10.0 Å². The molecule has 1 N–H and O–H groups in total. The van der Waals surface area contributed by atoms with Crippen molar-refractivity contribution in [3.63, 3.8) is 0 Å². The molecule has 0 radical (unpaired) electrons. The third-order valence-corrected chi connectivity index (χ3v) is 5.22. The number of carbonyl (C=O) groups is 1. The zero-order chi connectivity index (χ0) is 18.4. The van der Waals surface area contributed by atoms with E-state index >= 15 is 0 Å². The molecule has 0 aliphatic heterocycles. The Morgan fingerprint density at radius 2 is 1.88 bits per heavy atom. The van der Waals surface area contributed by atoms with Crippen LogP contribution in [0.2, 0.25) is 5.02 Å². The zero-order valence-corrected chi connectivity index (χ0v) is 15.0. The van der Waals surface area contributed by atoms with Gasteiger partial charge in [0, 0.05) is 12.1 Å². The first-order valence-electron chi connectivity index (χ1n) is 7.44. The number of esters is 1. The van der Waals surface area contributed by atoms with Gasteiger partial charge in [0.1, 0.15) is 12.4 Å². The maximum Gasteiger partial charge on any atom is 0.307 e. The summed E-state index contributed by atoms with van der Waals surface area (Å²) in [5.74, 6) is -1.23. The molecule has 5 nitrogen and oxygen atoms in total. The van der Waals surface area contributed by atoms with Crippen molar-refractivity contribution in [1.82, 2.24) is 4.72 Å². The summed E-state index contributed by atoms with van der Waals surface area (Å²) in [6.45, 7) is 1.41. The lowest BCUT2D eigenvalue weighted by atomic mass is 10.2. The predicted molar refractivity (Wildman–Crippen MR) is 92.2 cm³/mol. The van der Waals surface area contributed by atoms with Gasteiger partial charge in [0.05, 0.1) is 16.3 Å². The van der Waals surface area contributed by atoms with Gasteiger partial charge in [-0.15, -0.1) is 0 Å². The molecule has 0 bridgehead atoms. The van der Waals surface area contributed by atoms with Gasteiger partial charge < -0.3 is 4.74 Å². The highest BCUT2D eigenvalue weighted by molar-refractivity contribution is 7.89. The standard InChI is InChI=1S/C17H17ClFNO4S/c1-12-5-7-13(8-6-12)25(22,23)20-10-9-17(21)24-11-14-15(18)3-2-4-16(14)19/h2-8,20H,9-11H2,1H3. The number of hydrogen-bond acceptors (Lipinski definition) is 4. The number of sulfonamides is 1. The average molecular weight is 386 g/mol. The van der Waals surface area contributed by atoms with Crippen molar-refractivity contribution in [2.75, 3.05) is 6.54 Å². The lowest BCUT2D eigenvalue weighted by Crippen LogP contribution is -2.26. The van der Waals surface area contributed by atoms with E-state index in [1.807, 2.05) is 6.92 Å². The second kappa shape index (κ2) is 8.42. The van der Waals surface area contributed by atoms with Crippen molar-refractivity contribution in [2.24, 2.45) is 0 Å². The number of rotatable bonds is 7. The lowest BCUT2D eigenvalue weighted by molar-refractivity contribution is -0.144. The normalized spacial score (nSPS) is 11.3. The number of carbonyl (C=O) groups excluding carboxylic acids is 1. The largest absolute Gasteiger partial charge is 0.461 e. The van der Waals surface area contributed by atoms with Crippen LogP contribution in [0.3, 0.4) is 0 Å². The second-order valence-electron chi connectivity index (χ2n) is 5.32.